The van der Waals surface area contributed by atoms with Crippen LogP contribution in [0.3, 0.4) is 0 Å². The average molecular weight is 562 g/mol. The minimum Gasteiger partial charge on any atom is -0.387 e. The number of phosphoric ester groups is 1. The number of phosphoric acid groups is 3. The number of aliphatic hydroxyl groups excluding tert-OH is 1. The minimum atomic E-state index is -5.72. The standard InChI is InChI=1S/C14H21N4O14P3/c1-14(20)10(19)8(5-29-34(24,25)32-35(26,27)31-33(21,22)23)30-13(14)18-4-7-2-3-28-17-11-9(7)12(18)16-6-15-11/h4,6,8,10,13,19-20H,2-3,5H2,1H3,(H,24,25)(H,26,27)(H,15,16,17)(H2,21,22,23)/t8-,10-,13-,14-/m1/s1. The molecule has 0 bridgehead atoms. The number of anilines is 1. The molecule has 2 aromatic rings. The zero-order valence-electron chi connectivity index (χ0n) is 17.6. The predicted octanol–water partition coefficient (Wildman–Crippen LogP) is -0.317. The molecular formula is C14H21N4O14P3. The van der Waals surface area contributed by atoms with Crippen molar-refractivity contribution in [1.29, 1.82) is 0 Å². The quantitative estimate of drug-likeness (QED) is 0.203. The number of nitrogens with one attached hydrogen (secondary N) is 1. The second-order valence-electron chi connectivity index (χ2n) is 7.77. The number of nitrogens with zero attached hydrogens (tertiary/aromatic N) is 3. The van der Waals surface area contributed by atoms with Gasteiger partial charge in [-0.3, -0.25) is 9.36 Å². The summed E-state index contributed by atoms with van der Waals surface area (Å²) in [6, 6.07) is 0. The summed E-state index contributed by atoms with van der Waals surface area (Å²) in [5, 5.41) is 22.2. The number of hydrogen-bond donors (Lipinski definition) is 7. The normalized spacial score (nSPS) is 30.4. The van der Waals surface area contributed by atoms with Crippen LogP contribution in [-0.2, 0) is 42.8 Å². The molecule has 7 N–H and O–H groups in total. The maximum Gasteiger partial charge on any atom is 0.490 e. The maximum atomic E-state index is 12.0. The number of aliphatic hydroxyl groups is 2. The zero-order valence-corrected chi connectivity index (χ0v) is 20.3. The summed E-state index contributed by atoms with van der Waals surface area (Å²) in [7, 11) is -16.7. The van der Waals surface area contributed by atoms with Gasteiger partial charge in [0.05, 0.1) is 18.6 Å². The molecule has 4 rings (SSSR count). The fraction of sp³-hybridized carbons (Fsp3) is 0.571. The topological polar surface area (TPSA) is 261 Å². The first-order valence-electron chi connectivity index (χ1n) is 9.66. The van der Waals surface area contributed by atoms with E-state index in [2.05, 4.69) is 28.6 Å². The van der Waals surface area contributed by atoms with Crippen LogP contribution in [0.4, 0.5) is 5.82 Å². The van der Waals surface area contributed by atoms with E-state index in [0.29, 0.717) is 29.9 Å². The third-order valence-corrected chi connectivity index (χ3v) is 8.96. The predicted molar refractivity (Wildman–Crippen MR) is 111 cm³/mol. The monoisotopic (exact) mass is 562 g/mol. The summed E-state index contributed by atoms with van der Waals surface area (Å²) >= 11 is 0. The Morgan fingerprint density at radius 2 is 1.91 bits per heavy atom. The van der Waals surface area contributed by atoms with Crippen molar-refractivity contribution >= 4 is 40.3 Å². The molecule has 0 aromatic carbocycles. The third-order valence-electron chi connectivity index (χ3n) is 5.16. The van der Waals surface area contributed by atoms with Crippen LogP contribution in [0.5, 0.6) is 0 Å². The van der Waals surface area contributed by atoms with Gasteiger partial charge in [0.2, 0.25) is 0 Å². The lowest BCUT2D eigenvalue weighted by molar-refractivity contribution is -0.0947. The van der Waals surface area contributed by atoms with E-state index in [-0.39, 0.29) is 0 Å². The summed E-state index contributed by atoms with van der Waals surface area (Å²) in [6.45, 7) is 0.607. The lowest BCUT2D eigenvalue weighted by Gasteiger charge is -2.27. The molecule has 2 aromatic heterocycles. The van der Waals surface area contributed by atoms with Gasteiger partial charge in [-0.15, -0.1) is 0 Å². The number of ether oxygens (including phenoxy) is 1. The van der Waals surface area contributed by atoms with Crippen molar-refractivity contribution in [2.24, 2.45) is 0 Å². The van der Waals surface area contributed by atoms with Gasteiger partial charge in [-0.2, -0.15) is 8.62 Å². The van der Waals surface area contributed by atoms with E-state index in [1.165, 1.54) is 17.8 Å². The highest BCUT2D eigenvalue weighted by atomic mass is 31.3. The second kappa shape index (κ2) is 9.20. The summed E-state index contributed by atoms with van der Waals surface area (Å²) in [5.41, 5.74) is 1.79. The third kappa shape index (κ3) is 5.66. The van der Waals surface area contributed by atoms with Gasteiger partial charge in [0.15, 0.2) is 12.0 Å². The van der Waals surface area contributed by atoms with Gasteiger partial charge in [0.25, 0.3) is 0 Å². The Morgan fingerprint density at radius 1 is 1.20 bits per heavy atom. The van der Waals surface area contributed by atoms with Crippen molar-refractivity contribution in [3.05, 3.63) is 18.1 Å². The molecule has 0 amide bonds. The van der Waals surface area contributed by atoms with Crippen molar-refractivity contribution in [2.75, 3.05) is 18.7 Å². The number of hydrogen-bond acceptors (Lipinski definition) is 13. The molecular weight excluding hydrogens is 541 g/mol. The Kier molecular flexibility index (Phi) is 7.03. The van der Waals surface area contributed by atoms with Crippen LogP contribution in [0.15, 0.2) is 12.5 Å². The smallest absolute Gasteiger partial charge is 0.387 e. The second-order valence-corrected chi connectivity index (χ2v) is 12.2. The van der Waals surface area contributed by atoms with Crippen LogP contribution >= 0.6 is 23.5 Å². The van der Waals surface area contributed by atoms with E-state index in [9.17, 15) is 33.7 Å². The number of rotatable bonds is 8. The lowest BCUT2D eigenvalue weighted by Crippen LogP contribution is -2.44. The van der Waals surface area contributed by atoms with Crippen molar-refractivity contribution < 1.29 is 66.2 Å². The Morgan fingerprint density at radius 3 is 2.60 bits per heavy atom. The Labute approximate surface area is 195 Å². The van der Waals surface area contributed by atoms with E-state index in [1.807, 2.05) is 0 Å². The molecule has 4 heterocycles. The van der Waals surface area contributed by atoms with Gasteiger partial charge < -0.3 is 39.1 Å². The fourth-order valence-electron chi connectivity index (χ4n) is 3.74. The first-order chi connectivity index (χ1) is 16.1. The Balaban J connectivity index is 1.53. The summed E-state index contributed by atoms with van der Waals surface area (Å²) in [6.07, 6.45) is -1.11. The maximum absolute atomic E-state index is 12.0. The summed E-state index contributed by atoms with van der Waals surface area (Å²) in [4.78, 5) is 49.6. The molecule has 21 heteroatoms. The molecule has 1 saturated heterocycles. The van der Waals surface area contributed by atoms with E-state index < -0.39 is 54.1 Å². The largest absolute Gasteiger partial charge is 0.490 e. The van der Waals surface area contributed by atoms with Gasteiger partial charge in [-0.05, 0) is 12.5 Å². The van der Waals surface area contributed by atoms with E-state index in [1.54, 1.807) is 6.20 Å². The summed E-state index contributed by atoms with van der Waals surface area (Å²) < 4.78 is 53.1. The first kappa shape index (κ1) is 26.7. The lowest BCUT2D eigenvalue weighted by atomic mass is 9.96. The van der Waals surface area contributed by atoms with Crippen LogP contribution < -0.4 is 5.48 Å². The van der Waals surface area contributed by atoms with E-state index >= 15 is 0 Å². The highest BCUT2D eigenvalue weighted by Gasteiger charge is 2.54. The van der Waals surface area contributed by atoms with E-state index in [4.69, 9.17) is 19.4 Å². The van der Waals surface area contributed by atoms with Gasteiger partial charge in [0, 0.05) is 12.6 Å². The van der Waals surface area contributed by atoms with Gasteiger partial charge >= 0.3 is 23.5 Å². The van der Waals surface area contributed by atoms with Crippen LogP contribution in [-0.4, -0.2) is 75.3 Å². The fourth-order valence-corrected chi connectivity index (χ4v) is 6.77. The van der Waals surface area contributed by atoms with E-state index in [0.717, 1.165) is 5.56 Å². The van der Waals surface area contributed by atoms with Gasteiger partial charge in [-0.25, -0.2) is 29.1 Å². The molecule has 18 nitrogen and oxygen atoms in total. The van der Waals surface area contributed by atoms with Crippen molar-refractivity contribution in [3.63, 3.8) is 0 Å². The van der Waals surface area contributed by atoms with Crippen LogP contribution in [0.2, 0.25) is 0 Å². The molecule has 0 spiro atoms. The first-order valence-corrected chi connectivity index (χ1v) is 14.2. The SMILES string of the molecule is C[C@@]1(O)[C@H](O)[C@@H](COP(=O)(O)OP(=O)(O)OP(=O)(O)O)O[C@H]1n1cc2c3c(ncnc31)NOCC2. The van der Waals surface area contributed by atoms with Crippen LogP contribution in [0, 0.1) is 0 Å². The highest BCUT2D eigenvalue weighted by Crippen LogP contribution is 2.66. The zero-order chi connectivity index (χ0) is 25.8. The Bertz CT molecular complexity index is 1260. The number of aromatic nitrogens is 3. The molecule has 2 unspecified atom stereocenters. The van der Waals surface area contributed by atoms with Crippen molar-refractivity contribution in [2.45, 2.75) is 37.4 Å². The molecule has 0 radical (unpaired) electrons. The van der Waals surface area contributed by atoms with Crippen molar-refractivity contribution in [3.8, 4) is 0 Å². The molecule has 0 saturated carbocycles. The van der Waals surface area contributed by atoms with Crippen LogP contribution in [0.25, 0.3) is 11.0 Å². The molecule has 2 aliphatic heterocycles. The van der Waals surface area contributed by atoms with Crippen molar-refractivity contribution in [1.82, 2.24) is 14.5 Å². The van der Waals surface area contributed by atoms with Gasteiger partial charge in [0.1, 0.15) is 29.8 Å². The Hall–Kier alpha value is -1.33. The highest BCUT2D eigenvalue weighted by molar-refractivity contribution is 7.66. The molecule has 6 atom stereocenters. The molecule has 0 aliphatic carbocycles. The molecule has 35 heavy (non-hydrogen) atoms. The van der Waals surface area contributed by atoms with Crippen LogP contribution in [0.1, 0.15) is 18.7 Å². The minimum absolute atomic E-state index is 0.308. The summed E-state index contributed by atoms with van der Waals surface area (Å²) in [5.74, 6) is 0.378. The molecule has 196 valence electrons. The van der Waals surface area contributed by atoms with Gasteiger partial charge in [-0.1, -0.05) is 0 Å². The molecule has 1 fully saturated rings. The average Bonchev–Trinajstić information content (AvgIpc) is 3.06. The molecule has 2 aliphatic rings.